The van der Waals surface area contributed by atoms with Gasteiger partial charge in [0.25, 0.3) is 0 Å². The number of rotatable bonds is 7. The van der Waals surface area contributed by atoms with Crippen molar-refractivity contribution < 1.29 is 8.82 Å². The van der Waals surface area contributed by atoms with Gasteiger partial charge in [-0.2, -0.15) is 0 Å². The van der Waals surface area contributed by atoms with Gasteiger partial charge in [0.15, 0.2) is 13.4 Å². The molecule has 2 aliphatic rings. The van der Waals surface area contributed by atoms with Crippen molar-refractivity contribution in [3.63, 3.8) is 0 Å². The third kappa shape index (κ3) is 6.95. The van der Waals surface area contributed by atoms with Gasteiger partial charge in [0.05, 0.1) is 11.6 Å². The number of hydrogen-bond acceptors (Lipinski definition) is 3. The summed E-state index contributed by atoms with van der Waals surface area (Å²) < 4.78 is 20.8. The summed E-state index contributed by atoms with van der Waals surface area (Å²) in [7, 11) is -1.83. The SMILES string of the molecule is C[Si](C)(C)OC1(CNC(=S)N2CCc3ccccc3[C@@H]2c2ccc(F)cc2)CCCN(Cc2ccccc2)C1. The maximum absolute atomic E-state index is 13.8. The fourth-order valence-corrected chi connectivity index (χ4v) is 8.02. The van der Waals surface area contributed by atoms with Crippen LogP contribution in [0.4, 0.5) is 4.39 Å². The fraction of sp³-hybridized carbons (Fsp3) is 0.406. The van der Waals surface area contributed by atoms with Crippen LogP contribution >= 0.6 is 12.2 Å². The zero-order valence-electron chi connectivity index (χ0n) is 23.3. The van der Waals surface area contributed by atoms with Crippen LogP contribution in [0.3, 0.4) is 0 Å². The number of thiocarbonyl (C=S) groups is 1. The number of hydrogen-bond donors (Lipinski definition) is 1. The van der Waals surface area contributed by atoms with Crippen LogP contribution in [0.2, 0.25) is 19.6 Å². The Labute approximate surface area is 239 Å². The molecule has 1 unspecified atom stereocenters. The first kappa shape index (κ1) is 28.0. The molecule has 39 heavy (non-hydrogen) atoms. The molecule has 2 heterocycles. The number of fused-ring (bicyclic) bond motifs is 1. The molecule has 5 rings (SSSR count). The van der Waals surface area contributed by atoms with Gasteiger partial charge in [0.2, 0.25) is 0 Å². The summed E-state index contributed by atoms with van der Waals surface area (Å²) in [5, 5.41) is 4.40. The highest BCUT2D eigenvalue weighted by Gasteiger charge is 2.41. The van der Waals surface area contributed by atoms with Gasteiger partial charge in [-0.05, 0) is 92.1 Å². The molecule has 3 aromatic rings. The third-order valence-electron chi connectivity index (χ3n) is 7.68. The zero-order chi connectivity index (χ0) is 27.5. The number of likely N-dealkylation sites (tertiary alicyclic amines) is 1. The molecule has 0 amide bonds. The Bertz CT molecular complexity index is 1270. The van der Waals surface area contributed by atoms with Crippen LogP contribution in [0.5, 0.6) is 0 Å². The summed E-state index contributed by atoms with van der Waals surface area (Å²) in [6, 6.07) is 26.0. The average Bonchev–Trinajstić information content (AvgIpc) is 2.91. The lowest BCUT2D eigenvalue weighted by molar-refractivity contribution is -0.0144. The summed E-state index contributed by atoms with van der Waals surface area (Å²) in [5.41, 5.74) is 4.65. The predicted octanol–water partition coefficient (Wildman–Crippen LogP) is 6.53. The zero-order valence-corrected chi connectivity index (χ0v) is 25.1. The van der Waals surface area contributed by atoms with Gasteiger partial charge >= 0.3 is 0 Å². The second-order valence-electron chi connectivity index (χ2n) is 12.0. The highest BCUT2D eigenvalue weighted by atomic mass is 32.1. The lowest BCUT2D eigenvalue weighted by Gasteiger charge is -2.47. The summed E-state index contributed by atoms with van der Waals surface area (Å²) in [6.07, 6.45) is 3.04. The Morgan fingerprint density at radius 3 is 2.46 bits per heavy atom. The molecular formula is C32H40FN3OSSi. The Kier molecular flexibility index (Phi) is 8.52. The van der Waals surface area contributed by atoms with E-state index in [0.717, 1.165) is 56.1 Å². The van der Waals surface area contributed by atoms with Crippen molar-refractivity contribution in [3.05, 3.63) is 107 Å². The number of nitrogens with one attached hydrogen (secondary N) is 1. The molecule has 2 aliphatic heterocycles. The Hall–Kier alpha value is -2.58. The monoisotopic (exact) mass is 561 g/mol. The number of halogens is 1. The molecule has 1 fully saturated rings. The van der Waals surface area contributed by atoms with E-state index in [1.165, 1.54) is 16.7 Å². The topological polar surface area (TPSA) is 27.7 Å². The fourth-order valence-electron chi connectivity index (χ4n) is 6.21. The lowest BCUT2D eigenvalue weighted by Crippen LogP contribution is -2.60. The van der Waals surface area contributed by atoms with Gasteiger partial charge in [-0.25, -0.2) is 4.39 Å². The van der Waals surface area contributed by atoms with Crippen molar-refractivity contribution in [2.75, 3.05) is 26.2 Å². The largest absolute Gasteiger partial charge is 0.409 e. The first-order valence-electron chi connectivity index (χ1n) is 14.1. The molecule has 0 spiro atoms. The standard InChI is InChI=1S/C32H40FN3OSSi/c1-39(2,3)37-32(19-9-20-35(24-32)22-25-10-5-4-6-11-25)23-34-31(38)36-21-18-26-12-7-8-13-29(26)30(36)27-14-16-28(33)17-15-27/h4-8,10-17,30H,9,18-24H2,1-3H3,(H,34,38)/t30-,32?/m0/s1. The molecule has 2 atom stereocenters. The minimum atomic E-state index is -1.83. The van der Waals surface area contributed by atoms with E-state index in [2.05, 4.69) is 89.4 Å². The van der Waals surface area contributed by atoms with Crippen LogP contribution in [0, 0.1) is 5.82 Å². The van der Waals surface area contributed by atoms with Crippen molar-refractivity contribution in [1.82, 2.24) is 15.1 Å². The van der Waals surface area contributed by atoms with E-state index in [9.17, 15) is 4.39 Å². The second kappa shape index (κ2) is 11.9. The van der Waals surface area contributed by atoms with E-state index in [1.54, 1.807) is 12.1 Å². The van der Waals surface area contributed by atoms with Gasteiger partial charge in [-0.15, -0.1) is 0 Å². The number of benzene rings is 3. The number of nitrogens with zero attached hydrogens (tertiary/aromatic N) is 2. The average molecular weight is 562 g/mol. The third-order valence-corrected chi connectivity index (χ3v) is 9.11. The van der Waals surface area contributed by atoms with E-state index < -0.39 is 8.32 Å². The molecule has 0 saturated carbocycles. The van der Waals surface area contributed by atoms with E-state index in [-0.39, 0.29) is 17.5 Å². The van der Waals surface area contributed by atoms with Crippen molar-refractivity contribution >= 4 is 25.6 Å². The molecule has 206 valence electrons. The molecule has 0 bridgehead atoms. The quantitative estimate of drug-likeness (QED) is 0.261. The first-order chi connectivity index (χ1) is 18.7. The summed E-state index contributed by atoms with van der Waals surface area (Å²) >= 11 is 6.08. The normalized spacial score (nSPS) is 21.8. The molecule has 0 aliphatic carbocycles. The van der Waals surface area contributed by atoms with Gasteiger partial charge in [0.1, 0.15) is 5.82 Å². The van der Waals surface area contributed by atoms with E-state index in [1.807, 2.05) is 12.1 Å². The van der Waals surface area contributed by atoms with Crippen molar-refractivity contribution in [2.45, 2.75) is 57.1 Å². The summed E-state index contributed by atoms with van der Waals surface area (Å²) in [4.78, 5) is 4.81. The molecule has 4 nitrogen and oxygen atoms in total. The van der Waals surface area contributed by atoms with E-state index in [4.69, 9.17) is 16.6 Å². The second-order valence-corrected chi connectivity index (χ2v) is 16.8. The van der Waals surface area contributed by atoms with Crippen LogP contribution < -0.4 is 5.32 Å². The van der Waals surface area contributed by atoms with Crippen LogP contribution in [-0.4, -0.2) is 55.0 Å². The lowest BCUT2D eigenvalue weighted by atomic mass is 9.88. The Balaban J connectivity index is 1.36. The van der Waals surface area contributed by atoms with Gasteiger partial charge in [0, 0.05) is 26.2 Å². The van der Waals surface area contributed by atoms with Gasteiger partial charge in [-0.1, -0.05) is 66.7 Å². The molecule has 7 heteroatoms. The summed E-state index contributed by atoms with van der Waals surface area (Å²) in [5.74, 6) is -0.224. The number of piperidine rings is 1. The first-order valence-corrected chi connectivity index (χ1v) is 17.9. The maximum Gasteiger partial charge on any atom is 0.184 e. The van der Waals surface area contributed by atoms with E-state index in [0.29, 0.717) is 6.54 Å². The summed E-state index contributed by atoms with van der Waals surface area (Å²) in [6.45, 7) is 11.2. The van der Waals surface area contributed by atoms with E-state index >= 15 is 0 Å². The Morgan fingerprint density at radius 2 is 1.72 bits per heavy atom. The van der Waals surface area contributed by atoms with Crippen LogP contribution in [0.15, 0.2) is 78.9 Å². The van der Waals surface area contributed by atoms with Crippen LogP contribution in [0.25, 0.3) is 0 Å². The van der Waals surface area contributed by atoms with Gasteiger partial charge in [-0.3, -0.25) is 4.90 Å². The van der Waals surface area contributed by atoms with Crippen molar-refractivity contribution in [2.24, 2.45) is 0 Å². The highest BCUT2D eigenvalue weighted by Crippen LogP contribution is 2.36. The minimum Gasteiger partial charge on any atom is -0.409 e. The smallest absolute Gasteiger partial charge is 0.184 e. The van der Waals surface area contributed by atoms with Crippen molar-refractivity contribution in [1.29, 1.82) is 0 Å². The molecule has 1 N–H and O–H groups in total. The molecule has 1 saturated heterocycles. The molecule has 3 aromatic carbocycles. The highest BCUT2D eigenvalue weighted by molar-refractivity contribution is 7.80. The minimum absolute atomic E-state index is 0.0506. The Morgan fingerprint density at radius 1 is 1.00 bits per heavy atom. The molecule has 0 radical (unpaired) electrons. The van der Waals surface area contributed by atoms with Crippen molar-refractivity contribution in [3.8, 4) is 0 Å². The molecule has 0 aromatic heterocycles. The van der Waals surface area contributed by atoms with Gasteiger partial charge < -0.3 is 14.6 Å². The predicted molar refractivity (Wildman–Crippen MR) is 164 cm³/mol. The maximum atomic E-state index is 13.8. The molecular weight excluding hydrogens is 522 g/mol. The van der Waals surface area contributed by atoms with Crippen LogP contribution in [-0.2, 0) is 17.4 Å². The van der Waals surface area contributed by atoms with Crippen LogP contribution in [0.1, 0.15) is 41.1 Å².